The zero-order valence-electron chi connectivity index (χ0n) is 10.0. The fraction of sp³-hybridized carbons (Fsp3) is 0. The molecule has 0 aromatic heterocycles. The molecule has 1 N–H and O–H groups in total. The Balaban J connectivity index is 1.99. The first-order valence-corrected chi connectivity index (χ1v) is 6.08. The molecule has 20 heavy (non-hydrogen) atoms. The van der Waals surface area contributed by atoms with Crippen LogP contribution in [0.25, 0.3) is 0 Å². The molecule has 2 aromatic rings. The van der Waals surface area contributed by atoms with Crippen LogP contribution in [0.3, 0.4) is 0 Å². The van der Waals surface area contributed by atoms with Crippen LogP contribution in [0.5, 0.6) is 5.75 Å². The SMILES string of the molecule is O=[N+]([O-])c1ccc(C2=Nc3c(Cl)cccc3ON2)cc1. The molecule has 0 amide bonds. The molecule has 0 atom stereocenters. The van der Waals surface area contributed by atoms with E-state index in [1.807, 2.05) is 0 Å². The normalized spacial score (nSPS) is 12.8. The molecule has 2 aromatic carbocycles. The number of aliphatic imine (C=N–C) groups is 1. The molecule has 6 nitrogen and oxygen atoms in total. The fourth-order valence-corrected chi connectivity index (χ4v) is 2.00. The minimum absolute atomic E-state index is 0.0181. The maximum absolute atomic E-state index is 10.6. The van der Waals surface area contributed by atoms with Gasteiger partial charge in [0.05, 0.1) is 9.95 Å². The van der Waals surface area contributed by atoms with E-state index in [2.05, 4.69) is 10.5 Å². The number of non-ortho nitro benzene ring substituents is 1. The molecule has 0 saturated carbocycles. The number of para-hydroxylation sites is 1. The van der Waals surface area contributed by atoms with Gasteiger partial charge in [0.15, 0.2) is 11.6 Å². The van der Waals surface area contributed by atoms with Crippen molar-refractivity contribution in [1.29, 1.82) is 0 Å². The summed E-state index contributed by atoms with van der Waals surface area (Å²) in [5.41, 5.74) is 3.90. The van der Waals surface area contributed by atoms with Gasteiger partial charge < -0.3 is 4.84 Å². The molecule has 1 heterocycles. The minimum atomic E-state index is -0.456. The average molecular weight is 290 g/mol. The summed E-state index contributed by atoms with van der Waals surface area (Å²) >= 11 is 6.06. The molecular formula is C13H8ClN3O3. The van der Waals surface area contributed by atoms with Crippen molar-refractivity contribution in [3.8, 4) is 5.75 Å². The van der Waals surface area contributed by atoms with Crippen LogP contribution < -0.4 is 10.3 Å². The zero-order chi connectivity index (χ0) is 14.1. The smallest absolute Gasteiger partial charge is 0.269 e. The van der Waals surface area contributed by atoms with Gasteiger partial charge in [0, 0.05) is 17.7 Å². The van der Waals surface area contributed by atoms with Gasteiger partial charge in [-0.15, -0.1) is 0 Å². The Bertz CT molecular complexity index is 713. The van der Waals surface area contributed by atoms with E-state index >= 15 is 0 Å². The van der Waals surface area contributed by atoms with Crippen LogP contribution in [0.15, 0.2) is 47.5 Å². The molecule has 0 spiro atoms. The van der Waals surface area contributed by atoms with Crippen molar-refractivity contribution in [1.82, 2.24) is 5.48 Å². The van der Waals surface area contributed by atoms with Gasteiger partial charge in [-0.2, -0.15) is 0 Å². The summed E-state index contributed by atoms with van der Waals surface area (Å²) in [6.07, 6.45) is 0. The van der Waals surface area contributed by atoms with Crippen LogP contribution in [-0.4, -0.2) is 10.8 Å². The minimum Gasteiger partial charge on any atom is -0.378 e. The summed E-state index contributed by atoms with van der Waals surface area (Å²) in [6, 6.07) is 11.2. The topological polar surface area (TPSA) is 76.8 Å². The summed E-state index contributed by atoms with van der Waals surface area (Å²) in [6.45, 7) is 0. The largest absolute Gasteiger partial charge is 0.378 e. The summed E-state index contributed by atoms with van der Waals surface area (Å²) in [4.78, 5) is 19.9. The number of hydrogen-bond acceptors (Lipinski definition) is 5. The quantitative estimate of drug-likeness (QED) is 0.680. The van der Waals surface area contributed by atoms with E-state index in [-0.39, 0.29) is 5.69 Å². The average Bonchev–Trinajstić information content (AvgIpc) is 2.47. The van der Waals surface area contributed by atoms with Gasteiger partial charge in [-0.05, 0) is 24.3 Å². The summed E-state index contributed by atoms with van der Waals surface area (Å²) in [5.74, 6) is 0.976. The van der Waals surface area contributed by atoms with Crippen molar-refractivity contribution in [3.05, 3.63) is 63.2 Å². The molecule has 0 fully saturated rings. The Hall–Kier alpha value is -2.60. The zero-order valence-corrected chi connectivity index (χ0v) is 10.8. The van der Waals surface area contributed by atoms with Crippen LogP contribution in [0, 0.1) is 10.1 Å². The lowest BCUT2D eigenvalue weighted by molar-refractivity contribution is -0.384. The third-order valence-corrected chi connectivity index (χ3v) is 3.09. The number of amidine groups is 1. The van der Waals surface area contributed by atoms with Gasteiger partial charge in [0.1, 0.15) is 5.69 Å². The van der Waals surface area contributed by atoms with Crippen LogP contribution in [-0.2, 0) is 0 Å². The summed E-state index contributed by atoms with van der Waals surface area (Å²) < 4.78 is 0. The van der Waals surface area contributed by atoms with E-state index in [1.165, 1.54) is 12.1 Å². The monoisotopic (exact) mass is 289 g/mol. The molecule has 3 rings (SSSR count). The highest BCUT2D eigenvalue weighted by Gasteiger charge is 2.17. The lowest BCUT2D eigenvalue weighted by Gasteiger charge is -2.18. The van der Waals surface area contributed by atoms with Gasteiger partial charge in [-0.1, -0.05) is 17.7 Å². The Morgan fingerprint density at radius 3 is 2.65 bits per heavy atom. The fourth-order valence-electron chi connectivity index (χ4n) is 1.79. The Kier molecular flexibility index (Phi) is 3.00. The van der Waals surface area contributed by atoms with Crippen molar-refractivity contribution in [2.45, 2.75) is 0 Å². The van der Waals surface area contributed by atoms with Crippen molar-refractivity contribution in [3.63, 3.8) is 0 Å². The predicted molar refractivity (Wildman–Crippen MR) is 74.5 cm³/mol. The molecule has 100 valence electrons. The van der Waals surface area contributed by atoms with Gasteiger partial charge in [-0.25, -0.2) is 10.5 Å². The lowest BCUT2D eigenvalue weighted by Crippen LogP contribution is -2.30. The maximum Gasteiger partial charge on any atom is 0.269 e. The van der Waals surface area contributed by atoms with Crippen LogP contribution >= 0.6 is 11.6 Å². The van der Waals surface area contributed by atoms with Gasteiger partial charge in [0.25, 0.3) is 5.69 Å². The van der Waals surface area contributed by atoms with E-state index in [4.69, 9.17) is 16.4 Å². The number of hydroxylamine groups is 1. The Labute approximate surface area is 118 Å². The molecule has 0 unspecified atom stereocenters. The number of fused-ring (bicyclic) bond motifs is 1. The Morgan fingerprint density at radius 2 is 1.95 bits per heavy atom. The van der Waals surface area contributed by atoms with Crippen LogP contribution in [0.2, 0.25) is 5.02 Å². The molecule has 7 heteroatoms. The molecular weight excluding hydrogens is 282 g/mol. The maximum atomic E-state index is 10.6. The molecule has 0 saturated heterocycles. The molecule has 1 aliphatic rings. The standard InChI is InChI=1S/C13H8ClN3O3/c14-10-2-1-3-11-12(10)15-13(16-20-11)8-4-6-9(7-5-8)17(18)19/h1-7H,(H,15,16). The Morgan fingerprint density at radius 1 is 1.20 bits per heavy atom. The summed E-state index contributed by atoms with van der Waals surface area (Å²) in [5, 5.41) is 11.1. The van der Waals surface area contributed by atoms with Crippen LogP contribution in [0.4, 0.5) is 11.4 Å². The van der Waals surface area contributed by atoms with Crippen LogP contribution in [0.1, 0.15) is 5.56 Å². The number of nitrogens with zero attached hydrogens (tertiary/aromatic N) is 2. The third kappa shape index (κ3) is 2.17. The van der Waals surface area contributed by atoms with Crippen molar-refractivity contribution >= 4 is 28.8 Å². The number of halogens is 1. The first kappa shape index (κ1) is 12.4. The number of benzene rings is 2. The van der Waals surface area contributed by atoms with E-state index < -0.39 is 4.92 Å². The van der Waals surface area contributed by atoms with E-state index in [0.717, 1.165) is 0 Å². The first-order chi connectivity index (χ1) is 9.65. The predicted octanol–water partition coefficient (Wildman–Crippen LogP) is 3.22. The lowest BCUT2D eigenvalue weighted by atomic mass is 10.2. The number of hydrogen-bond donors (Lipinski definition) is 1. The first-order valence-electron chi connectivity index (χ1n) is 5.70. The number of rotatable bonds is 2. The highest BCUT2D eigenvalue weighted by Crippen LogP contribution is 2.36. The second-order valence-electron chi connectivity index (χ2n) is 4.06. The van der Waals surface area contributed by atoms with E-state index in [0.29, 0.717) is 27.9 Å². The highest BCUT2D eigenvalue weighted by atomic mass is 35.5. The van der Waals surface area contributed by atoms with Gasteiger partial charge in [-0.3, -0.25) is 10.1 Å². The number of nitro benzene ring substituents is 1. The van der Waals surface area contributed by atoms with Gasteiger partial charge in [0.2, 0.25) is 0 Å². The molecule has 0 aliphatic carbocycles. The van der Waals surface area contributed by atoms with Crippen molar-refractivity contribution < 1.29 is 9.76 Å². The van der Waals surface area contributed by atoms with Crippen molar-refractivity contribution in [2.24, 2.45) is 4.99 Å². The van der Waals surface area contributed by atoms with E-state index in [9.17, 15) is 10.1 Å². The third-order valence-electron chi connectivity index (χ3n) is 2.78. The van der Waals surface area contributed by atoms with Gasteiger partial charge >= 0.3 is 0 Å². The molecule has 0 bridgehead atoms. The van der Waals surface area contributed by atoms with E-state index in [1.54, 1.807) is 30.3 Å². The molecule has 0 radical (unpaired) electrons. The molecule has 1 aliphatic heterocycles. The second kappa shape index (κ2) is 4.82. The highest BCUT2D eigenvalue weighted by molar-refractivity contribution is 6.33. The second-order valence-corrected chi connectivity index (χ2v) is 4.46. The van der Waals surface area contributed by atoms with Crippen molar-refractivity contribution in [2.75, 3.05) is 0 Å². The number of nitrogens with one attached hydrogen (secondary N) is 1. The number of nitro groups is 1. The summed E-state index contributed by atoms with van der Waals surface area (Å²) in [7, 11) is 0.